The summed E-state index contributed by atoms with van der Waals surface area (Å²) < 4.78 is 0. The van der Waals surface area contributed by atoms with Crippen molar-refractivity contribution in [2.24, 2.45) is 0 Å². The van der Waals surface area contributed by atoms with E-state index in [2.05, 4.69) is 111 Å². The molecule has 7 heteroatoms. The van der Waals surface area contributed by atoms with Gasteiger partial charge in [0.05, 0.1) is 22.2 Å². The second-order valence-electron chi connectivity index (χ2n) is 10.1. The highest BCUT2D eigenvalue weighted by molar-refractivity contribution is 5.91. The molecule has 3 heterocycles. The third-order valence-electron chi connectivity index (χ3n) is 7.48. The van der Waals surface area contributed by atoms with Gasteiger partial charge in [-0.25, -0.2) is 4.98 Å². The minimum Gasteiger partial charge on any atom is -0.378 e. The van der Waals surface area contributed by atoms with Crippen LogP contribution in [0.4, 0.5) is 11.4 Å². The monoisotopic (exact) mass is 491 g/mol. The molecule has 1 N–H and O–H groups in total. The molecule has 1 saturated heterocycles. The molecule has 1 aliphatic heterocycles. The van der Waals surface area contributed by atoms with Crippen molar-refractivity contribution in [1.29, 1.82) is 0 Å². The van der Waals surface area contributed by atoms with E-state index in [1.54, 1.807) is 12.4 Å². The second kappa shape index (κ2) is 9.82. The molecule has 2 aromatic heterocycles. The first kappa shape index (κ1) is 23.4. The molecule has 7 nitrogen and oxygen atoms in total. The number of hydrogen-bond acceptors (Lipinski definition) is 6. The van der Waals surface area contributed by atoms with Crippen LogP contribution < -0.4 is 9.80 Å². The summed E-state index contributed by atoms with van der Waals surface area (Å²) in [5, 5.41) is 0. The Morgan fingerprint density at radius 1 is 0.946 bits per heavy atom. The largest absolute Gasteiger partial charge is 0.378 e. The lowest BCUT2D eigenvalue weighted by atomic mass is 10.1. The fourth-order valence-electron chi connectivity index (χ4n) is 5.38. The van der Waals surface area contributed by atoms with E-state index in [4.69, 9.17) is 4.98 Å². The highest BCUT2D eigenvalue weighted by Gasteiger charge is 2.27. The Bertz CT molecular complexity index is 1520. The lowest BCUT2D eigenvalue weighted by Gasteiger charge is -2.42. The Balaban J connectivity index is 1.22. The van der Waals surface area contributed by atoms with E-state index in [9.17, 15) is 0 Å². The van der Waals surface area contributed by atoms with Gasteiger partial charge < -0.3 is 14.8 Å². The molecule has 5 aromatic rings. The summed E-state index contributed by atoms with van der Waals surface area (Å²) in [4.78, 5) is 24.7. The SMILES string of the molecule is CC[C@H]1CN(c2cccc3[nH]c(-c4ccc(N(C)C)cc4)nc23)CCN1Cc1ccc2nccnc2c1. The molecular weight excluding hydrogens is 458 g/mol. The molecule has 1 aliphatic rings. The number of imidazole rings is 1. The van der Waals surface area contributed by atoms with Crippen molar-refractivity contribution in [2.75, 3.05) is 43.5 Å². The lowest BCUT2D eigenvalue weighted by molar-refractivity contribution is 0.164. The van der Waals surface area contributed by atoms with Gasteiger partial charge in [-0.15, -0.1) is 0 Å². The third-order valence-corrected chi connectivity index (χ3v) is 7.48. The maximum Gasteiger partial charge on any atom is 0.138 e. The number of nitrogens with zero attached hydrogens (tertiary/aromatic N) is 6. The van der Waals surface area contributed by atoms with Crippen LogP contribution >= 0.6 is 0 Å². The molecule has 0 spiro atoms. The van der Waals surface area contributed by atoms with Gasteiger partial charge in [0, 0.05) is 70.0 Å². The maximum absolute atomic E-state index is 5.06. The minimum absolute atomic E-state index is 0.471. The number of piperazine rings is 1. The lowest BCUT2D eigenvalue weighted by Crippen LogP contribution is -2.52. The van der Waals surface area contributed by atoms with Crippen molar-refractivity contribution in [3.05, 3.63) is 78.6 Å². The number of hydrogen-bond donors (Lipinski definition) is 1. The predicted octanol–water partition coefficient (Wildman–Crippen LogP) is 5.34. The number of anilines is 2. The van der Waals surface area contributed by atoms with E-state index in [-0.39, 0.29) is 0 Å². The van der Waals surface area contributed by atoms with Crippen LogP contribution in [0.25, 0.3) is 33.5 Å². The maximum atomic E-state index is 5.06. The van der Waals surface area contributed by atoms with Gasteiger partial charge in [-0.2, -0.15) is 0 Å². The molecule has 37 heavy (non-hydrogen) atoms. The van der Waals surface area contributed by atoms with Gasteiger partial charge in [0.1, 0.15) is 11.3 Å². The number of aromatic nitrogens is 4. The van der Waals surface area contributed by atoms with Crippen molar-refractivity contribution < 1.29 is 0 Å². The average molecular weight is 492 g/mol. The average Bonchev–Trinajstić information content (AvgIpc) is 3.38. The summed E-state index contributed by atoms with van der Waals surface area (Å²) in [7, 11) is 4.12. The zero-order valence-corrected chi connectivity index (χ0v) is 21.7. The van der Waals surface area contributed by atoms with Crippen molar-refractivity contribution in [3.8, 4) is 11.4 Å². The van der Waals surface area contributed by atoms with Gasteiger partial charge in [-0.3, -0.25) is 14.9 Å². The molecule has 0 bridgehead atoms. The van der Waals surface area contributed by atoms with E-state index in [1.165, 1.54) is 16.9 Å². The van der Waals surface area contributed by atoms with E-state index >= 15 is 0 Å². The predicted molar refractivity (Wildman–Crippen MR) is 152 cm³/mol. The molecule has 1 atom stereocenters. The van der Waals surface area contributed by atoms with Gasteiger partial charge in [0.25, 0.3) is 0 Å². The zero-order chi connectivity index (χ0) is 25.4. The van der Waals surface area contributed by atoms with Crippen LogP contribution in [-0.4, -0.2) is 64.6 Å². The fraction of sp³-hybridized carbons (Fsp3) is 0.300. The molecule has 0 saturated carbocycles. The van der Waals surface area contributed by atoms with Crippen LogP contribution in [0.1, 0.15) is 18.9 Å². The van der Waals surface area contributed by atoms with Gasteiger partial charge in [-0.05, 0) is 60.5 Å². The van der Waals surface area contributed by atoms with Crippen molar-refractivity contribution in [2.45, 2.75) is 25.9 Å². The number of H-pyrrole nitrogens is 1. The Kier molecular flexibility index (Phi) is 6.22. The van der Waals surface area contributed by atoms with E-state index < -0.39 is 0 Å². The fourth-order valence-corrected chi connectivity index (χ4v) is 5.38. The van der Waals surface area contributed by atoms with Gasteiger partial charge in [0.15, 0.2) is 0 Å². The Morgan fingerprint density at radius 2 is 1.76 bits per heavy atom. The number of nitrogens with one attached hydrogen (secondary N) is 1. The smallest absolute Gasteiger partial charge is 0.138 e. The quantitative estimate of drug-likeness (QED) is 0.346. The summed E-state index contributed by atoms with van der Waals surface area (Å²) >= 11 is 0. The first-order valence-corrected chi connectivity index (χ1v) is 13.0. The van der Waals surface area contributed by atoms with Gasteiger partial charge in [-0.1, -0.05) is 19.1 Å². The zero-order valence-electron chi connectivity index (χ0n) is 21.7. The standard InChI is InChI=1S/C30H33N7/c1-4-23-20-37(17-16-36(23)19-21-8-13-25-27(18-21)32-15-14-31-25)28-7-5-6-26-29(28)34-30(33-26)22-9-11-24(12-10-22)35(2)3/h5-15,18,23H,4,16-17,19-20H2,1-3H3,(H,33,34)/t23-/m0/s1. The summed E-state index contributed by atoms with van der Waals surface area (Å²) in [6.45, 7) is 6.19. The highest BCUT2D eigenvalue weighted by atomic mass is 15.3. The topological polar surface area (TPSA) is 64.2 Å². The molecule has 0 aliphatic carbocycles. The summed E-state index contributed by atoms with van der Waals surface area (Å²) in [5.41, 5.74) is 8.82. The van der Waals surface area contributed by atoms with Crippen LogP contribution in [0, 0.1) is 0 Å². The second-order valence-corrected chi connectivity index (χ2v) is 10.1. The summed E-state index contributed by atoms with van der Waals surface area (Å²) in [5.74, 6) is 0.915. The van der Waals surface area contributed by atoms with Crippen LogP contribution in [0.2, 0.25) is 0 Å². The first-order valence-electron chi connectivity index (χ1n) is 13.0. The van der Waals surface area contributed by atoms with Crippen molar-refractivity contribution in [3.63, 3.8) is 0 Å². The summed E-state index contributed by atoms with van der Waals surface area (Å²) in [6, 6.07) is 21.9. The van der Waals surface area contributed by atoms with Crippen molar-refractivity contribution >= 4 is 33.4 Å². The molecule has 0 amide bonds. The van der Waals surface area contributed by atoms with Crippen molar-refractivity contribution in [1.82, 2.24) is 24.8 Å². The first-order chi connectivity index (χ1) is 18.1. The molecule has 6 rings (SSSR count). The van der Waals surface area contributed by atoms with Gasteiger partial charge in [0.2, 0.25) is 0 Å². The summed E-state index contributed by atoms with van der Waals surface area (Å²) in [6.07, 6.45) is 4.61. The van der Waals surface area contributed by atoms with E-state index in [0.29, 0.717) is 6.04 Å². The molecule has 188 valence electrons. The van der Waals surface area contributed by atoms with Crippen LogP contribution in [0.15, 0.2) is 73.1 Å². The van der Waals surface area contributed by atoms with E-state index in [0.717, 1.165) is 66.1 Å². The van der Waals surface area contributed by atoms with Crippen LogP contribution in [-0.2, 0) is 6.54 Å². The third kappa shape index (κ3) is 4.62. The Morgan fingerprint density at radius 3 is 2.54 bits per heavy atom. The highest BCUT2D eigenvalue weighted by Crippen LogP contribution is 2.31. The Labute approximate surface area is 217 Å². The normalized spacial score (nSPS) is 16.5. The van der Waals surface area contributed by atoms with E-state index in [1.807, 2.05) is 0 Å². The Hall–Kier alpha value is -3.97. The number of benzene rings is 3. The molecule has 0 unspecified atom stereocenters. The number of fused-ring (bicyclic) bond motifs is 2. The number of para-hydroxylation sites is 1. The van der Waals surface area contributed by atoms with Crippen LogP contribution in [0.3, 0.4) is 0 Å². The molecule has 3 aromatic carbocycles. The number of rotatable bonds is 6. The molecule has 1 fully saturated rings. The minimum atomic E-state index is 0.471. The van der Waals surface area contributed by atoms with Crippen LogP contribution in [0.5, 0.6) is 0 Å². The number of aromatic amines is 1. The van der Waals surface area contributed by atoms with Gasteiger partial charge >= 0.3 is 0 Å². The molecule has 0 radical (unpaired) electrons. The molecular formula is C30H33N7.